The molecule has 2 unspecified atom stereocenters. The number of carbonyl (C=O) groups excluding carboxylic acids is 3. The Morgan fingerprint density at radius 3 is 2.96 bits per heavy atom. The molecule has 1 saturated heterocycles. The number of piperidine rings is 1. The van der Waals surface area contributed by atoms with Crippen LogP contribution < -0.4 is 11.1 Å². The highest BCUT2D eigenvalue weighted by molar-refractivity contribution is 6.02. The van der Waals surface area contributed by atoms with Gasteiger partial charge in [0.2, 0.25) is 5.91 Å². The highest BCUT2D eigenvalue weighted by atomic mass is 16.2. The van der Waals surface area contributed by atoms with Gasteiger partial charge in [-0.2, -0.15) is 0 Å². The van der Waals surface area contributed by atoms with Crippen LogP contribution in [0, 0.1) is 0 Å². The summed E-state index contributed by atoms with van der Waals surface area (Å²) in [5.41, 5.74) is 8.21. The Hall–Kier alpha value is -2.21. The number of nitrogens with zero attached hydrogens (tertiary/aromatic N) is 1. The Morgan fingerprint density at radius 2 is 2.29 bits per heavy atom. The second kappa shape index (κ2) is 7.13. The van der Waals surface area contributed by atoms with Crippen LogP contribution in [0.1, 0.15) is 53.1 Å². The van der Waals surface area contributed by atoms with Crippen molar-refractivity contribution in [3.05, 3.63) is 34.9 Å². The van der Waals surface area contributed by atoms with E-state index in [0.717, 1.165) is 48.9 Å². The SMILES string of the molecule is NC(=O)C(CCC=O)N1Cc2cccc(C3CCCNC3)c2C1=O. The van der Waals surface area contributed by atoms with Crippen LogP contribution in [0.4, 0.5) is 0 Å². The van der Waals surface area contributed by atoms with Gasteiger partial charge in [0.1, 0.15) is 12.3 Å². The normalized spacial score (nSPS) is 21.4. The van der Waals surface area contributed by atoms with Crippen molar-refractivity contribution in [2.75, 3.05) is 13.1 Å². The average molecular weight is 329 g/mol. The predicted octanol–water partition coefficient (Wildman–Crippen LogP) is 0.942. The molecule has 1 aromatic rings. The van der Waals surface area contributed by atoms with Crippen LogP contribution in [0.25, 0.3) is 0 Å². The maximum Gasteiger partial charge on any atom is 0.255 e. The number of nitrogens with two attached hydrogens (primary N) is 1. The van der Waals surface area contributed by atoms with Crippen LogP contribution >= 0.6 is 0 Å². The maximum atomic E-state index is 13.0. The fourth-order valence-corrected chi connectivity index (χ4v) is 3.80. The summed E-state index contributed by atoms with van der Waals surface area (Å²) >= 11 is 0. The van der Waals surface area contributed by atoms with Crippen LogP contribution in [0.2, 0.25) is 0 Å². The molecule has 128 valence electrons. The van der Waals surface area contributed by atoms with Gasteiger partial charge < -0.3 is 20.7 Å². The van der Waals surface area contributed by atoms with E-state index in [1.54, 1.807) is 0 Å². The summed E-state index contributed by atoms with van der Waals surface area (Å²) in [5, 5.41) is 3.38. The monoisotopic (exact) mass is 329 g/mol. The molecule has 2 aliphatic heterocycles. The predicted molar refractivity (Wildman–Crippen MR) is 89.4 cm³/mol. The Balaban J connectivity index is 1.89. The molecule has 0 aromatic heterocycles. The maximum absolute atomic E-state index is 13.0. The van der Waals surface area contributed by atoms with E-state index in [-0.39, 0.29) is 18.7 Å². The highest BCUT2D eigenvalue weighted by Crippen LogP contribution is 2.34. The molecule has 3 N–H and O–H groups in total. The van der Waals surface area contributed by atoms with Crippen molar-refractivity contribution < 1.29 is 14.4 Å². The molecule has 0 aliphatic carbocycles. The number of rotatable bonds is 6. The molecule has 2 heterocycles. The molecule has 24 heavy (non-hydrogen) atoms. The summed E-state index contributed by atoms with van der Waals surface area (Å²) in [4.78, 5) is 36.9. The van der Waals surface area contributed by atoms with Gasteiger partial charge in [-0.25, -0.2) is 0 Å². The number of aldehydes is 1. The molecule has 2 atom stereocenters. The largest absolute Gasteiger partial charge is 0.368 e. The summed E-state index contributed by atoms with van der Waals surface area (Å²) in [5.74, 6) is -0.376. The number of primary amides is 1. The van der Waals surface area contributed by atoms with Gasteiger partial charge in [-0.15, -0.1) is 0 Å². The first-order valence-corrected chi connectivity index (χ1v) is 8.50. The van der Waals surface area contributed by atoms with Crippen molar-refractivity contribution >= 4 is 18.1 Å². The molecule has 3 rings (SSSR count). The molecule has 0 radical (unpaired) electrons. The summed E-state index contributed by atoms with van der Waals surface area (Å²) in [7, 11) is 0. The Morgan fingerprint density at radius 1 is 1.46 bits per heavy atom. The summed E-state index contributed by atoms with van der Waals surface area (Å²) < 4.78 is 0. The Bertz CT molecular complexity index is 653. The van der Waals surface area contributed by atoms with Crippen LogP contribution in [0.15, 0.2) is 18.2 Å². The highest BCUT2D eigenvalue weighted by Gasteiger charge is 2.37. The van der Waals surface area contributed by atoms with E-state index >= 15 is 0 Å². The van der Waals surface area contributed by atoms with Crippen molar-refractivity contribution in [1.82, 2.24) is 10.2 Å². The van der Waals surface area contributed by atoms with E-state index in [4.69, 9.17) is 5.73 Å². The lowest BCUT2D eigenvalue weighted by Gasteiger charge is -2.26. The van der Waals surface area contributed by atoms with E-state index in [2.05, 4.69) is 5.32 Å². The van der Waals surface area contributed by atoms with Gasteiger partial charge in [-0.3, -0.25) is 9.59 Å². The number of hydrogen-bond donors (Lipinski definition) is 2. The first-order chi connectivity index (χ1) is 11.6. The third-order valence-corrected chi connectivity index (χ3v) is 5.00. The van der Waals surface area contributed by atoms with Gasteiger partial charge in [0, 0.05) is 25.1 Å². The van der Waals surface area contributed by atoms with Gasteiger partial charge in [0.25, 0.3) is 5.91 Å². The molecule has 2 amide bonds. The van der Waals surface area contributed by atoms with Crippen LogP contribution in [-0.2, 0) is 16.1 Å². The van der Waals surface area contributed by atoms with Crippen molar-refractivity contribution in [3.63, 3.8) is 0 Å². The molecular formula is C18H23N3O3. The molecule has 2 aliphatic rings. The van der Waals surface area contributed by atoms with Crippen LogP contribution in [0.3, 0.4) is 0 Å². The Labute approximate surface area is 141 Å². The lowest BCUT2D eigenvalue weighted by atomic mass is 9.87. The molecule has 0 saturated carbocycles. The zero-order valence-corrected chi connectivity index (χ0v) is 13.7. The molecule has 6 heteroatoms. The van der Waals surface area contributed by atoms with Gasteiger partial charge in [0.05, 0.1) is 0 Å². The van der Waals surface area contributed by atoms with Gasteiger partial charge in [-0.05, 0) is 42.9 Å². The minimum atomic E-state index is -0.729. The van der Waals surface area contributed by atoms with Crippen molar-refractivity contribution in [1.29, 1.82) is 0 Å². The quantitative estimate of drug-likeness (QED) is 0.760. The fraction of sp³-hybridized carbons (Fsp3) is 0.500. The molecule has 1 aromatic carbocycles. The smallest absolute Gasteiger partial charge is 0.255 e. The van der Waals surface area contributed by atoms with Crippen molar-refractivity contribution in [2.45, 2.75) is 44.2 Å². The third-order valence-electron chi connectivity index (χ3n) is 5.00. The lowest BCUT2D eigenvalue weighted by Crippen LogP contribution is -2.45. The van der Waals surface area contributed by atoms with E-state index in [9.17, 15) is 14.4 Å². The first kappa shape index (κ1) is 16.6. The third kappa shape index (κ3) is 3.06. The van der Waals surface area contributed by atoms with E-state index in [1.165, 1.54) is 4.90 Å². The van der Waals surface area contributed by atoms with Crippen LogP contribution in [-0.4, -0.2) is 42.1 Å². The van der Waals surface area contributed by atoms with Gasteiger partial charge >= 0.3 is 0 Å². The second-order valence-corrected chi connectivity index (χ2v) is 6.52. The average Bonchev–Trinajstić information content (AvgIpc) is 2.93. The van der Waals surface area contributed by atoms with E-state index in [1.807, 2.05) is 18.2 Å². The number of nitrogens with one attached hydrogen (secondary N) is 1. The number of fused-ring (bicyclic) bond motifs is 1. The molecule has 6 nitrogen and oxygen atoms in total. The van der Waals surface area contributed by atoms with E-state index < -0.39 is 11.9 Å². The van der Waals surface area contributed by atoms with Gasteiger partial charge in [0.15, 0.2) is 0 Å². The zero-order valence-electron chi connectivity index (χ0n) is 13.7. The summed E-state index contributed by atoms with van der Waals surface area (Å²) in [6.45, 7) is 2.27. The Kier molecular flexibility index (Phi) is 4.94. The number of amides is 2. The molecule has 0 spiro atoms. The summed E-state index contributed by atoms with van der Waals surface area (Å²) in [6, 6.07) is 5.20. The van der Waals surface area contributed by atoms with E-state index in [0.29, 0.717) is 12.5 Å². The lowest BCUT2D eigenvalue weighted by molar-refractivity contribution is -0.122. The number of carbonyl (C=O) groups is 3. The molecule has 1 fully saturated rings. The number of benzene rings is 1. The minimum absolute atomic E-state index is 0.138. The zero-order chi connectivity index (χ0) is 17.1. The second-order valence-electron chi connectivity index (χ2n) is 6.52. The topological polar surface area (TPSA) is 92.5 Å². The summed E-state index contributed by atoms with van der Waals surface area (Å²) in [6.07, 6.45) is 3.39. The van der Waals surface area contributed by atoms with Crippen LogP contribution in [0.5, 0.6) is 0 Å². The number of hydrogen-bond acceptors (Lipinski definition) is 4. The standard InChI is InChI=1S/C18H23N3O3/c19-17(23)15(7-3-9-22)21-11-13-4-1-6-14(16(13)18(21)24)12-5-2-8-20-10-12/h1,4,6,9,12,15,20H,2-3,5,7-8,10-11H2,(H2,19,23). The first-order valence-electron chi connectivity index (χ1n) is 8.50. The fourth-order valence-electron chi connectivity index (χ4n) is 3.80. The van der Waals surface area contributed by atoms with Crippen molar-refractivity contribution in [3.8, 4) is 0 Å². The molecule has 0 bridgehead atoms. The molecular weight excluding hydrogens is 306 g/mol. The van der Waals surface area contributed by atoms with Gasteiger partial charge in [-0.1, -0.05) is 18.2 Å². The minimum Gasteiger partial charge on any atom is -0.368 e. The van der Waals surface area contributed by atoms with Crippen molar-refractivity contribution in [2.24, 2.45) is 5.73 Å².